The van der Waals surface area contributed by atoms with E-state index in [-0.39, 0.29) is 28.1 Å². The molecule has 3 rings (SSSR count). The molecule has 2 aliphatic rings. The van der Waals surface area contributed by atoms with E-state index in [1.165, 1.54) is 31.6 Å². The smallest absolute Gasteiger partial charge is 0.341 e. The topological polar surface area (TPSA) is 126 Å². The van der Waals surface area contributed by atoms with Crippen LogP contribution in [0.4, 0.5) is 0 Å². The Labute approximate surface area is 134 Å². The molecule has 1 aromatic carbocycles. The van der Waals surface area contributed by atoms with Crippen molar-refractivity contribution in [1.82, 2.24) is 14.9 Å². The summed E-state index contributed by atoms with van der Waals surface area (Å²) >= 11 is 0. The number of esters is 1. The van der Waals surface area contributed by atoms with Crippen LogP contribution in [0.3, 0.4) is 0 Å². The summed E-state index contributed by atoms with van der Waals surface area (Å²) in [6.07, 6.45) is 2.58. The number of para-hydroxylation sites is 1. The molecule has 0 unspecified atom stereocenters. The second kappa shape index (κ2) is 5.88. The molecule has 0 atom stereocenters. The zero-order valence-corrected chi connectivity index (χ0v) is 12.4. The molecule has 122 valence electrons. The van der Waals surface area contributed by atoms with Gasteiger partial charge in [0.1, 0.15) is 17.0 Å². The number of amides is 1. The minimum Gasteiger partial charge on any atom is -0.507 e. The third kappa shape index (κ3) is 2.58. The number of aromatic hydroxyl groups is 1. The highest BCUT2D eigenvalue weighted by molar-refractivity contribution is 6.02. The van der Waals surface area contributed by atoms with Crippen molar-refractivity contribution in [3.63, 3.8) is 0 Å². The first-order valence-corrected chi connectivity index (χ1v) is 6.79. The van der Waals surface area contributed by atoms with Crippen molar-refractivity contribution in [2.24, 2.45) is 0 Å². The van der Waals surface area contributed by atoms with Crippen molar-refractivity contribution >= 4 is 11.9 Å². The standard InChI is InChI=1S/C15H12N4O5/c1-24-15(23)10-7-19(6-9-12(10)16-17-13(9)21)18-14(22)8-4-2-3-5-11(8)20/h2-7,20H,1H3,(H,17,21)(H,18,22). The monoisotopic (exact) mass is 328 g/mol. The van der Waals surface area contributed by atoms with E-state index in [9.17, 15) is 19.5 Å². The number of hydrogen-bond donors (Lipinski definition) is 3. The summed E-state index contributed by atoms with van der Waals surface area (Å²) in [5.41, 5.74) is 2.24. The Balaban J connectivity index is 2.04. The predicted molar refractivity (Wildman–Crippen MR) is 82.6 cm³/mol. The number of fused-ring (bicyclic) bond motifs is 1. The maximum absolute atomic E-state index is 12.2. The first kappa shape index (κ1) is 15.3. The van der Waals surface area contributed by atoms with Crippen LogP contribution in [0.5, 0.6) is 5.75 Å². The lowest BCUT2D eigenvalue weighted by molar-refractivity contribution is 0.0600. The molecule has 0 saturated heterocycles. The fourth-order valence-electron chi connectivity index (χ4n) is 2.20. The number of aromatic nitrogens is 3. The third-order valence-corrected chi connectivity index (χ3v) is 3.35. The number of nitrogens with one attached hydrogen (secondary N) is 2. The van der Waals surface area contributed by atoms with Crippen LogP contribution in [0.15, 0.2) is 41.5 Å². The van der Waals surface area contributed by atoms with Crippen LogP contribution >= 0.6 is 0 Å². The van der Waals surface area contributed by atoms with E-state index in [0.717, 1.165) is 4.68 Å². The summed E-state index contributed by atoms with van der Waals surface area (Å²) in [6, 6.07) is 5.97. The van der Waals surface area contributed by atoms with Crippen molar-refractivity contribution < 1.29 is 19.4 Å². The van der Waals surface area contributed by atoms with Crippen LogP contribution in [-0.4, -0.2) is 39.0 Å². The van der Waals surface area contributed by atoms with Gasteiger partial charge in [-0.25, -0.2) is 9.89 Å². The number of carbonyl (C=O) groups is 2. The molecular weight excluding hydrogens is 316 g/mol. The molecule has 9 heteroatoms. The first-order chi connectivity index (χ1) is 11.5. The van der Waals surface area contributed by atoms with Crippen LogP contribution in [0.1, 0.15) is 20.7 Å². The summed E-state index contributed by atoms with van der Waals surface area (Å²) < 4.78 is 5.80. The van der Waals surface area contributed by atoms with Crippen molar-refractivity contribution in [2.45, 2.75) is 0 Å². The van der Waals surface area contributed by atoms with Crippen LogP contribution in [0, 0.1) is 0 Å². The van der Waals surface area contributed by atoms with Gasteiger partial charge in [-0.1, -0.05) is 12.1 Å². The first-order valence-electron chi connectivity index (χ1n) is 6.79. The van der Waals surface area contributed by atoms with E-state index in [0.29, 0.717) is 0 Å². The van der Waals surface area contributed by atoms with Gasteiger partial charge in [0.25, 0.3) is 11.5 Å². The fraction of sp³-hybridized carbons (Fsp3) is 0.0667. The minimum atomic E-state index is -0.711. The largest absolute Gasteiger partial charge is 0.507 e. The minimum absolute atomic E-state index is 0.00549. The maximum Gasteiger partial charge on any atom is 0.341 e. The molecule has 0 bridgehead atoms. The molecule has 24 heavy (non-hydrogen) atoms. The van der Waals surface area contributed by atoms with Gasteiger partial charge >= 0.3 is 5.97 Å². The Morgan fingerprint density at radius 2 is 2.00 bits per heavy atom. The number of H-pyrrole nitrogens is 1. The quantitative estimate of drug-likeness (QED) is 0.603. The Hall–Kier alpha value is -3.62. The zero-order chi connectivity index (χ0) is 17.3. The van der Waals surface area contributed by atoms with Crippen molar-refractivity contribution in [3.05, 3.63) is 58.1 Å². The van der Waals surface area contributed by atoms with E-state index >= 15 is 0 Å². The second-order valence-corrected chi connectivity index (χ2v) is 4.84. The SMILES string of the molecule is COC(=O)c1cn(NC(=O)c2ccccc2O)cc2c(=O)[nH]nc1-2. The number of aromatic amines is 1. The Bertz CT molecular complexity index is 959. The number of methoxy groups -OCH3 is 1. The van der Waals surface area contributed by atoms with E-state index in [1.54, 1.807) is 12.1 Å². The Morgan fingerprint density at radius 3 is 2.71 bits per heavy atom. The number of hydrogen-bond acceptors (Lipinski definition) is 6. The van der Waals surface area contributed by atoms with Gasteiger partial charge in [0.15, 0.2) is 0 Å². The predicted octanol–water partition coefficient (Wildman–Crippen LogP) is 0.552. The molecule has 1 aromatic rings. The lowest BCUT2D eigenvalue weighted by atomic mass is 10.1. The van der Waals surface area contributed by atoms with Crippen LogP contribution in [-0.2, 0) is 4.74 Å². The third-order valence-electron chi connectivity index (χ3n) is 3.35. The molecule has 9 nitrogen and oxygen atoms in total. The maximum atomic E-state index is 12.2. The molecule has 1 amide bonds. The van der Waals surface area contributed by atoms with Gasteiger partial charge < -0.3 is 9.84 Å². The number of ether oxygens (including phenoxy) is 1. The highest BCUT2D eigenvalue weighted by Crippen LogP contribution is 2.20. The number of phenolic OH excluding ortho intramolecular Hbond substituents is 1. The van der Waals surface area contributed by atoms with Gasteiger partial charge in [-0.3, -0.25) is 19.7 Å². The van der Waals surface area contributed by atoms with Crippen molar-refractivity contribution in [1.29, 1.82) is 0 Å². The summed E-state index contributed by atoms with van der Waals surface area (Å²) in [5.74, 6) is -1.53. The number of carbonyl (C=O) groups excluding carboxylic acids is 2. The summed E-state index contributed by atoms with van der Waals surface area (Å²) in [5, 5.41) is 15.7. The van der Waals surface area contributed by atoms with Gasteiger partial charge in [0, 0.05) is 12.4 Å². The van der Waals surface area contributed by atoms with Crippen molar-refractivity contribution in [2.75, 3.05) is 12.5 Å². The highest BCUT2D eigenvalue weighted by atomic mass is 16.5. The van der Waals surface area contributed by atoms with Crippen molar-refractivity contribution in [3.8, 4) is 17.0 Å². The summed E-state index contributed by atoms with van der Waals surface area (Å²) in [7, 11) is 1.19. The zero-order valence-electron chi connectivity index (χ0n) is 12.4. The lowest BCUT2D eigenvalue weighted by Gasteiger charge is -2.13. The molecule has 0 radical (unpaired) electrons. The normalized spacial score (nSPS) is 10.5. The second-order valence-electron chi connectivity index (χ2n) is 4.84. The molecule has 0 spiro atoms. The average Bonchev–Trinajstić information content (AvgIpc) is 2.95. The number of rotatable bonds is 3. The molecule has 2 heterocycles. The van der Waals surface area contributed by atoms with E-state index < -0.39 is 17.4 Å². The summed E-state index contributed by atoms with van der Waals surface area (Å²) in [6.45, 7) is 0. The van der Waals surface area contributed by atoms with E-state index in [1.807, 2.05) is 0 Å². The molecule has 2 aliphatic heterocycles. The van der Waals surface area contributed by atoms with Gasteiger partial charge in [0.05, 0.1) is 18.2 Å². The molecular formula is C15H12N4O5. The number of nitrogens with zero attached hydrogens (tertiary/aromatic N) is 2. The Morgan fingerprint density at radius 1 is 1.25 bits per heavy atom. The van der Waals surface area contributed by atoms with Crippen LogP contribution in [0.25, 0.3) is 11.3 Å². The molecule has 0 aliphatic carbocycles. The van der Waals surface area contributed by atoms with E-state index in [2.05, 4.69) is 20.4 Å². The Kier molecular flexibility index (Phi) is 3.74. The molecule has 0 fully saturated rings. The number of phenols is 1. The van der Waals surface area contributed by atoms with Gasteiger partial charge in [-0.15, -0.1) is 0 Å². The fourth-order valence-corrected chi connectivity index (χ4v) is 2.20. The molecule has 0 aromatic heterocycles. The number of pyridine rings is 1. The van der Waals surface area contributed by atoms with Crippen LogP contribution in [0.2, 0.25) is 0 Å². The number of benzene rings is 1. The summed E-state index contributed by atoms with van der Waals surface area (Å²) in [4.78, 5) is 35.9. The lowest BCUT2D eigenvalue weighted by Crippen LogP contribution is -2.25. The van der Waals surface area contributed by atoms with Gasteiger partial charge in [-0.2, -0.15) is 5.10 Å². The van der Waals surface area contributed by atoms with Gasteiger partial charge in [0.2, 0.25) is 0 Å². The average molecular weight is 328 g/mol. The van der Waals surface area contributed by atoms with Gasteiger partial charge in [-0.05, 0) is 12.1 Å². The molecule has 3 N–H and O–H groups in total. The molecule has 0 saturated carbocycles. The van der Waals surface area contributed by atoms with E-state index in [4.69, 9.17) is 0 Å². The van der Waals surface area contributed by atoms with Crippen LogP contribution < -0.4 is 11.0 Å². The highest BCUT2D eigenvalue weighted by Gasteiger charge is 2.22.